The van der Waals surface area contributed by atoms with Crippen molar-refractivity contribution in [2.45, 2.75) is 23.8 Å². The van der Waals surface area contributed by atoms with Gasteiger partial charge < -0.3 is 10.4 Å². The standard InChI is InChI=1S/C12H17NO3S/c1-10-2-4-11(5-3-10)17(15,16)9-12(14)6-7-13-8-12/h2-5,13-14H,6-9H2,1H3. The monoisotopic (exact) mass is 255 g/mol. The van der Waals surface area contributed by atoms with Gasteiger partial charge in [-0.3, -0.25) is 0 Å². The Morgan fingerprint density at radius 3 is 2.53 bits per heavy atom. The summed E-state index contributed by atoms with van der Waals surface area (Å²) in [7, 11) is -3.41. The van der Waals surface area contributed by atoms with Gasteiger partial charge in [0.25, 0.3) is 0 Å². The van der Waals surface area contributed by atoms with Crippen molar-refractivity contribution in [2.75, 3.05) is 18.8 Å². The zero-order valence-electron chi connectivity index (χ0n) is 9.81. The molecule has 0 saturated carbocycles. The molecule has 4 nitrogen and oxygen atoms in total. The number of hydrogen-bond acceptors (Lipinski definition) is 4. The molecule has 1 heterocycles. The summed E-state index contributed by atoms with van der Waals surface area (Å²) in [5.74, 6) is -0.212. The van der Waals surface area contributed by atoms with E-state index in [2.05, 4.69) is 5.32 Å². The zero-order valence-corrected chi connectivity index (χ0v) is 10.6. The van der Waals surface area contributed by atoms with Gasteiger partial charge in [-0.05, 0) is 32.0 Å². The van der Waals surface area contributed by atoms with Gasteiger partial charge in [0.05, 0.1) is 16.2 Å². The molecular weight excluding hydrogens is 238 g/mol. The van der Waals surface area contributed by atoms with Crippen molar-refractivity contribution in [3.63, 3.8) is 0 Å². The van der Waals surface area contributed by atoms with Gasteiger partial charge in [0.1, 0.15) is 0 Å². The first-order valence-electron chi connectivity index (χ1n) is 5.64. The molecule has 1 unspecified atom stereocenters. The van der Waals surface area contributed by atoms with Crippen LogP contribution in [-0.4, -0.2) is 38.0 Å². The molecule has 0 spiro atoms. The largest absolute Gasteiger partial charge is 0.387 e. The predicted molar refractivity (Wildman–Crippen MR) is 65.7 cm³/mol. The first kappa shape index (κ1) is 12.5. The molecule has 1 aliphatic rings. The molecule has 1 aliphatic heterocycles. The third kappa shape index (κ3) is 2.86. The van der Waals surface area contributed by atoms with Gasteiger partial charge in [-0.2, -0.15) is 0 Å². The molecule has 2 N–H and O–H groups in total. The second-order valence-corrected chi connectivity index (χ2v) is 6.71. The molecule has 2 rings (SSSR count). The SMILES string of the molecule is Cc1ccc(S(=O)(=O)CC2(O)CCNC2)cc1. The maximum absolute atomic E-state index is 12.1. The van der Waals surface area contributed by atoms with Crippen molar-refractivity contribution >= 4 is 9.84 Å². The summed E-state index contributed by atoms with van der Waals surface area (Å²) in [5.41, 5.74) is -0.103. The Bertz CT molecular complexity index is 487. The molecule has 0 amide bonds. The van der Waals surface area contributed by atoms with Gasteiger partial charge in [0, 0.05) is 6.54 Å². The number of aliphatic hydroxyl groups is 1. The van der Waals surface area contributed by atoms with E-state index in [0.717, 1.165) is 5.56 Å². The van der Waals surface area contributed by atoms with Crippen molar-refractivity contribution in [1.29, 1.82) is 0 Å². The summed E-state index contributed by atoms with van der Waals surface area (Å²) in [6.45, 7) is 2.92. The Morgan fingerprint density at radius 1 is 1.35 bits per heavy atom. The highest BCUT2D eigenvalue weighted by atomic mass is 32.2. The average molecular weight is 255 g/mol. The fraction of sp³-hybridized carbons (Fsp3) is 0.500. The Hall–Kier alpha value is -0.910. The number of benzene rings is 1. The van der Waals surface area contributed by atoms with Crippen LogP contribution in [0.25, 0.3) is 0 Å². The van der Waals surface area contributed by atoms with Crippen molar-refractivity contribution in [3.8, 4) is 0 Å². The highest BCUT2D eigenvalue weighted by molar-refractivity contribution is 7.91. The van der Waals surface area contributed by atoms with Crippen LogP contribution in [0.4, 0.5) is 0 Å². The average Bonchev–Trinajstić information content (AvgIpc) is 2.64. The highest BCUT2D eigenvalue weighted by Crippen LogP contribution is 2.21. The number of rotatable bonds is 3. The fourth-order valence-electron chi connectivity index (χ4n) is 2.04. The quantitative estimate of drug-likeness (QED) is 0.825. The predicted octanol–water partition coefficient (Wildman–Crippen LogP) is 0.493. The zero-order chi connectivity index (χ0) is 12.5. The summed E-state index contributed by atoms with van der Waals surface area (Å²) in [6, 6.07) is 6.72. The van der Waals surface area contributed by atoms with Crippen LogP contribution in [-0.2, 0) is 9.84 Å². The second-order valence-electron chi connectivity index (χ2n) is 4.72. The molecule has 1 saturated heterocycles. The molecule has 0 aliphatic carbocycles. The van der Waals surface area contributed by atoms with Gasteiger partial charge in [-0.25, -0.2) is 8.42 Å². The molecule has 94 valence electrons. The minimum Gasteiger partial charge on any atom is -0.387 e. The lowest BCUT2D eigenvalue weighted by Crippen LogP contribution is -2.39. The number of nitrogens with one attached hydrogen (secondary N) is 1. The minimum atomic E-state index is -3.41. The van der Waals surface area contributed by atoms with E-state index in [4.69, 9.17) is 0 Å². The van der Waals surface area contributed by atoms with Gasteiger partial charge in [-0.15, -0.1) is 0 Å². The van der Waals surface area contributed by atoms with Crippen LogP contribution in [0.2, 0.25) is 0 Å². The highest BCUT2D eigenvalue weighted by Gasteiger charge is 2.36. The van der Waals surface area contributed by atoms with Crippen LogP contribution in [0.1, 0.15) is 12.0 Å². The number of sulfone groups is 1. The van der Waals surface area contributed by atoms with E-state index >= 15 is 0 Å². The molecular formula is C12H17NO3S. The molecule has 0 radical (unpaired) electrons. The van der Waals surface area contributed by atoms with Crippen molar-refractivity contribution in [3.05, 3.63) is 29.8 Å². The molecule has 1 aromatic rings. The van der Waals surface area contributed by atoms with Crippen molar-refractivity contribution < 1.29 is 13.5 Å². The maximum atomic E-state index is 12.1. The molecule has 1 atom stereocenters. The van der Waals surface area contributed by atoms with Gasteiger partial charge in [-0.1, -0.05) is 17.7 Å². The maximum Gasteiger partial charge on any atom is 0.181 e. The van der Waals surface area contributed by atoms with Gasteiger partial charge in [0.15, 0.2) is 9.84 Å². The summed E-state index contributed by atoms with van der Waals surface area (Å²) in [5, 5.41) is 13.1. The van der Waals surface area contributed by atoms with Crippen LogP contribution in [0.15, 0.2) is 29.2 Å². The Labute approximate surface area is 102 Å². The van der Waals surface area contributed by atoms with Crippen molar-refractivity contribution in [2.24, 2.45) is 0 Å². The first-order valence-corrected chi connectivity index (χ1v) is 7.29. The van der Waals surface area contributed by atoms with E-state index in [1.165, 1.54) is 0 Å². The molecule has 1 fully saturated rings. The van der Waals surface area contributed by atoms with E-state index in [9.17, 15) is 13.5 Å². The molecule has 1 aromatic carbocycles. The van der Waals surface area contributed by atoms with Gasteiger partial charge in [0.2, 0.25) is 0 Å². The third-order valence-corrected chi connectivity index (χ3v) is 4.97. The molecule has 0 bridgehead atoms. The lowest BCUT2D eigenvalue weighted by atomic mass is 10.1. The topological polar surface area (TPSA) is 66.4 Å². The summed E-state index contributed by atoms with van der Waals surface area (Å²) in [4.78, 5) is 0.281. The molecule has 5 heteroatoms. The number of hydrogen-bond donors (Lipinski definition) is 2. The van der Waals surface area contributed by atoms with E-state index in [1.54, 1.807) is 24.3 Å². The van der Waals surface area contributed by atoms with Crippen molar-refractivity contribution in [1.82, 2.24) is 5.32 Å². The summed E-state index contributed by atoms with van der Waals surface area (Å²) >= 11 is 0. The van der Waals surface area contributed by atoms with Crippen LogP contribution in [0.3, 0.4) is 0 Å². The Balaban J connectivity index is 2.22. The second kappa shape index (κ2) is 4.40. The molecule has 0 aromatic heterocycles. The van der Waals surface area contributed by atoms with Gasteiger partial charge >= 0.3 is 0 Å². The van der Waals surface area contributed by atoms with E-state index in [0.29, 0.717) is 19.5 Å². The van der Waals surface area contributed by atoms with Crippen LogP contribution < -0.4 is 5.32 Å². The minimum absolute atomic E-state index is 0.212. The van der Waals surface area contributed by atoms with Crippen LogP contribution in [0, 0.1) is 6.92 Å². The normalized spacial score (nSPS) is 25.1. The van der Waals surface area contributed by atoms with Crippen LogP contribution in [0.5, 0.6) is 0 Å². The summed E-state index contributed by atoms with van der Waals surface area (Å²) in [6.07, 6.45) is 0.484. The number of β-amino-alcohol motifs (C(OH)–C–C–N with tert-alkyl or cyclic N) is 1. The summed E-state index contributed by atoms with van der Waals surface area (Å²) < 4.78 is 24.2. The molecule has 17 heavy (non-hydrogen) atoms. The number of aryl methyl sites for hydroxylation is 1. The fourth-order valence-corrected chi connectivity index (χ4v) is 3.71. The first-order chi connectivity index (χ1) is 7.91. The Morgan fingerprint density at radius 2 is 2.00 bits per heavy atom. The lowest BCUT2D eigenvalue weighted by Gasteiger charge is -2.20. The van der Waals surface area contributed by atoms with E-state index in [1.807, 2.05) is 6.92 Å². The lowest BCUT2D eigenvalue weighted by molar-refractivity contribution is 0.0852. The van der Waals surface area contributed by atoms with Crippen LogP contribution >= 0.6 is 0 Å². The van der Waals surface area contributed by atoms with E-state index in [-0.39, 0.29) is 10.6 Å². The smallest absolute Gasteiger partial charge is 0.181 e. The Kier molecular flexibility index (Phi) is 3.25. The third-order valence-electron chi connectivity index (χ3n) is 3.06. The van der Waals surface area contributed by atoms with E-state index < -0.39 is 15.4 Å².